The van der Waals surface area contributed by atoms with Gasteiger partial charge in [0.2, 0.25) is 0 Å². The fourth-order valence-corrected chi connectivity index (χ4v) is 3.50. The highest BCUT2D eigenvalue weighted by molar-refractivity contribution is 7.13. The molecular formula is C18H22N2O3S. The van der Waals surface area contributed by atoms with Crippen molar-refractivity contribution in [2.75, 3.05) is 19.8 Å². The Hall–Kier alpha value is -1.92. The predicted molar refractivity (Wildman–Crippen MR) is 94.6 cm³/mol. The Bertz CT molecular complexity index is 699. The van der Waals surface area contributed by atoms with Crippen LogP contribution in [0.1, 0.15) is 31.3 Å². The van der Waals surface area contributed by atoms with Crippen molar-refractivity contribution in [2.24, 2.45) is 0 Å². The monoisotopic (exact) mass is 346 g/mol. The number of rotatable bonds is 4. The lowest BCUT2D eigenvalue weighted by Crippen LogP contribution is -2.50. The van der Waals surface area contributed by atoms with Gasteiger partial charge in [-0.15, -0.1) is 11.3 Å². The highest BCUT2D eigenvalue weighted by Gasteiger charge is 2.29. The van der Waals surface area contributed by atoms with Crippen molar-refractivity contribution in [1.29, 1.82) is 0 Å². The third-order valence-electron chi connectivity index (χ3n) is 4.00. The zero-order valence-electron chi connectivity index (χ0n) is 14.2. The predicted octanol–water partition coefficient (Wildman–Crippen LogP) is 3.46. The van der Waals surface area contributed by atoms with E-state index < -0.39 is 0 Å². The summed E-state index contributed by atoms with van der Waals surface area (Å²) in [5, 5.41) is 2.68. The summed E-state index contributed by atoms with van der Waals surface area (Å²) in [6.45, 7) is 7.77. The van der Waals surface area contributed by atoms with Crippen molar-refractivity contribution < 1.29 is 14.3 Å². The molecule has 0 radical (unpaired) electrons. The molecule has 1 fully saturated rings. The lowest BCUT2D eigenvalue weighted by atomic mass is 10.2. The summed E-state index contributed by atoms with van der Waals surface area (Å²) in [5.41, 5.74) is 1.50. The molecule has 1 aliphatic heterocycles. The maximum Gasteiger partial charge on any atom is 0.273 e. The minimum Gasteiger partial charge on any atom is -0.494 e. The van der Waals surface area contributed by atoms with Crippen molar-refractivity contribution in [3.63, 3.8) is 0 Å². The Morgan fingerprint density at radius 1 is 1.38 bits per heavy atom. The molecule has 1 aromatic carbocycles. The van der Waals surface area contributed by atoms with Crippen molar-refractivity contribution in [3.05, 3.63) is 35.3 Å². The molecule has 0 saturated carbocycles. The number of carbonyl (C=O) groups is 1. The van der Waals surface area contributed by atoms with E-state index in [0.29, 0.717) is 25.5 Å². The molecule has 2 aromatic rings. The van der Waals surface area contributed by atoms with Crippen molar-refractivity contribution in [1.82, 2.24) is 9.88 Å². The molecule has 1 amide bonds. The molecule has 24 heavy (non-hydrogen) atoms. The van der Waals surface area contributed by atoms with Gasteiger partial charge in [-0.25, -0.2) is 4.98 Å². The van der Waals surface area contributed by atoms with E-state index in [9.17, 15) is 4.79 Å². The summed E-state index contributed by atoms with van der Waals surface area (Å²) >= 11 is 1.49. The van der Waals surface area contributed by atoms with Gasteiger partial charge in [0.1, 0.15) is 16.5 Å². The van der Waals surface area contributed by atoms with E-state index in [1.165, 1.54) is 11.3 Å². The Labute approximate surface area is 146 Å². The van der Waals surface area contributed by atoms with Gasteiger partial charge in [0, 0.05) is 17.5 Å². The first-order chi connectivity index (χ1) is 11.6. The number of thiazole rings is 1. The molecule has 5 nitrogen and oxygen atoms in total. The maximum absolute atomic E-state index is 12.7. The summed E-state index contributed by atoms with van der Waals surface area (Å²) in [5.74, 6) is 0.816. The normalized spacial score (nSPS) is 20.9. The van der Waals surface area contributed by atoms with Crippen LogP contribution in [0.25, 0.3) is 10.6 Å². The van der Waals surface area contributed by atoms with Crippen LogP contribution in [0.3, 0.4) is 0 Å². The van der Waals surface area contributed by atoms with Gasteiger partial charge in [-0.3, -0.25) is 4.79 Å². The summed E-state index contributed by atoms with van der Waals surface area (Å²) in [4.78, 5) is 19.1. The Kier molecular flexibility index (Phi) is 5.16. The van der Waals surface area contributed by atoms with Gasteiger partial charge in [0.15, 0.2) is 0 Å². The third-order valence-corrected chi connectivity index (χ3v) is 4.90. The highest BCUT2D eigenvalue weighted by Crippen LogP contribution is 2.27. The number of nitrogens with zero attached hydrogens (tertiary/aromatic N) is 2. The van der Waals surface area contributed by atoms with E-state index in [0.717, 1.165) is 16.3 Å². The average Bonchev–Trinajstić information content (AvgIpc) is 3.07. The van der Waals surface area contributed by atoms with E-state index in [-0.39, 0.29) is 18.1 Å². The van der Waals surface area contributed by atoms with Crippen LogP contribution in [0.2, 0.25) is 0 Å². The van der Waals surface area contributed by atoms with Gasteiger partial charge in [0.05, 0.1) is 25.4 Å². The molecule has 0 spiro atoms. The zero-order valence-corrected chi connectivity index (χ0v) is 15.0. The first-order valence-corrected chi connectivity index (χ1v) is 9.07. The Morgan fingerprint density at radius 3 is 2.83 bits per heavy atom. The van der Waals surface area contributed by atoms with Crippen molar-refractivity contribution >= 4 is 17.2 Å². The average molecular weight is 346 g/mol. The maximum atomic E-state index is 12.7. The molecule has 2 atom stereocenters. The van der Waals surface area contributed by atoms with Crippen LogP contribution >= 0.6 is 11.3 Å². The first kappa shape index (κ1) is 16.9. The lowest BCUT2D eigenvalue weighted by Gasteiger charge is -2.36. The van der Waals surface area contributed by atoms with Crippen molar-refractivity contribution in [3.8, 4) is 16.3 Å². The van der Waals surface area contributed by atoms with E-state index in [1.54, 1.807) is 0 Å². The van der Waals surface area contributed by atoms with Gasteiger partial charge in [-0.2, -0.15) is 0 Å². The number of morpholine rings is 1. The zero-order chi connectivity index (χ0) is 17.1. The highest BCUT2D eigenvalue weighted by atomic mass is 32.1. The molecular weight excluding hydrogens is 324 g/mol. The quantitative estimate of drug-likeness (QED) is 0.851. The molecule has 1 saturated heterocycles. The minimum atomic E-state index is -0.0221. The van der Waals surface area contributed by atoms with Crippen molar-refractivity contribution in [2.45, 2.75) is 32.9 Å². The molecule has 0 bridgehead atoms. The second kappa shape index (κ2) is 7.32. The van der Waals surface area contributed by atoms with Crippen LogP contribution in [0.15, 0.2) is 29.6 Å². The number of aromatic nitrogens is 1. The number of ether oxygens (including phenoxy) is 2. The third kappa shape index (κ3) is 3.60. The summed E-state index contributed by atoms with van der Waals surface area (Å²) < 4.78 is 11.0. The van der Waals surface area contributed by atoms with Gasteiger partial charge in [0.25, 0.3) is 5.91 Å². The Morgan fingerprint density at radius 2 is 2.12 bits per heavy atom. The molecule has 6 heteroatoms. The fraction of sp³-hybridized carbons (Fsp3) is 0.444. The largest absolute Gasteiger partial charge is 0.494 e. The molecule has 3 rings (SSSR count). The standard InChI is InChI=1S/C18H22N2O3S/c1-4-22-15-7-5-14(6-8-15)17-19-16(11-24-17)18(21)20-9-13(3)23-10-12(20)2/h5-8,11-13H,4,9-10H2,1-3H3/t12-,13-/m1/s1. The number of hydrogen-bond acceptors (Lipinski definition) is 5. The van der Waals surface area contributed by atoms with Gasteiger partial charge < -0.3 is 14.4 Å². The van der Waals surface area contributed by atoms with Gasteiger partial charge in [-0.1, -0.05) is 0 Å². The fourth-order valence-electron chi connectivity index (χ4n) is 2.70. The molecule has 0 aliphatic carbocycles. The molecule has 1 aromatic heterocycles. The van der Waals surface area contributed by atoms with Crippen LogP contribution in [-0.2, 0) is 4.74 Å². The van der Waals surface area contributed by atoms with Crippen LogP contribution in [0, 0.1) is 0 Å². The number of amides is 1. The lowest BCUT2D eigenvalue weighted by molar-refractivity contribution is -0.0388. The van der Waals surface area contributed by atoms with Crippen LogP contribution in [-0.4, -0.2) is 47.7 Å². The SMILES string of the molecule is CCOc1ccc(-c2nc(C(=O)N3C[C@@H](C)OC[C@H]3C)cs2)cc1. The topological polar surface area (TPSA) is 51.7 Å². The second-order valence-electron chi connectivity index (χ2n) is 5.95. The summed E-state index contributed by atoms with van der Waals surface area (Å²) in [6.07, 6.45) is 0.0642. The smallest absolute Gasteiger partial charge is 0.273 e. The van der Waals surface area contributed by atoms with Crippen LogP contribution in [0.5, 0.6) is 5.75 Å². The molecule has 0 unspecified atom stereocenters. The van der Waals surface area contributed by atoms with Gasteiger partial charge in [-0.05, 0) is 45.0 Å². The molecule has 2 heterocycles. The molecule has 128 valence electrons. The summed E-state index contributed by atoms with van der Waals surface area (Å²) in [7, 11) is 0. The minimum absolute atomic E-state index is 0.0221. The van der Waals surface area contributed by atoms with E-state index in [1.807, 2.05) is 55.3 Å². The van der Waals surface area contributed by atoms with E-state index >= 15 is 0 Å². The number of hydrogen-bond donors (Lipinski definition) is 0. The molecule has 1 aliphatic rings. The van der Waals surface area contributed by atoms with E-state index in [2.05, 4.69) is 4.98 Å². The summed E-state index contributed by atoms with van der Waals surface area (Å²) in [6, 6.07) is 7.86. The second-order valence-corrected chi connectivity index (χ2v) is 6.80. The molecule has 0 N–H and O–H groups in total. The Balaban J connectivity index is 1.76. The van der Waals surface area contributed by atoms with Crippen LogP contribution in [0.4, 0.5) is 0 Å². The van der Waals surface area contributed by atoms with Crippen LogP contribution < -0.4 is 4.74 Å². The van der Waals surface area contributed by atoms with Gasteiger partial charge >= 0.3 is 0 Å². The number of benzene rings is 1. The first-order valence-electron chi connectivity index (χ1n) is 8.19. The number of carbonyl (C=O) groups excluding carboxylic acids is 1. The van der Waals surface area contributed by atoms with E-state index in [4.69, 9.17) is 9.47 Å².